The third-order valence-corrected chi connectivity index (χ3v) is 5.40. The minimum Gasteiger partial charge on any atom is -0.462 e. The van der Waals surface area contributed by atoms with Gasteiger partial charge in [-0.2, -0.15) is 0 Å². The molecule has 1 heterocycles. The number of rotatable bonds is 8. The Hall–Kier alpha value is -2.86. The van der Waals surface area contributed by atoms with E-state index in [0.717, 1.165) is 17.5 Å². The molecule has 3 rings (SSSR count). The Labute approximate surface area is 174 Å². The van der Waals surface area contributed by atoms with Crippen molar-refractivity contribution in [2.24, 2.45) is 0 Å². The van der Waals surface area contributed by atoms with Crippen molar-refractivity contribution < 1.29 is 19.1 Å². The van der Waals surface area contributed by atoms with Gasteiger partial charge in [-0.05, 0) is 35.4 Å². The van der Waals surface area contributed by atoms with Crippen molar-refractivity contribution in [1.29, 1.82) is 0 Å². The van der Waals surface area contributed by atoms with Crippen LogP contribution in [0.2, 0.25) is 0 Å². The molecule has 0 saturated carbocycles. The number of nitrogens with zero attached hydrogens (tertiary/aromatic N) is 1. The fourth-order valence-corrected chi connectivity index (χ4v) is 3.91. The van der Waals surface area contributed by atoms with Gasteiger partial charge >= 0.3 is 5.97 Å². The number of ether oxygens (including phenoxy) is 1. The van der Waals surface area contributed by atoms with Crippen molar-refractivity contribution in [1.82, 2.24) is 4.90 Å². The Bertz CT molecular complexity index is 935. The van der Waals surface area contributed by atoms with Crippen LogP contribution in [0.1, 0.15) is 41.8 Å². The van der Waals surface area contributed by atoms with Crippen LogP contribution in [-0.2, 0) is 20.9 Å². The average Bonchev–Trinajstić information content (AvgIpc) is 2.97. The summed E-state index contributed by atoms with van der Waals surface area (Å²) in [5.74, 6) is -0.232. The highest BCUT2D eigenvalue weighted by Crippen LogP contribution is 2.36. The Morgan fingerprint density at radius 3 is 2.28 bits per heavy atom. The van der Waals surface area contributed by atoms with E-state index in [1.165, 1.54) is 16.7 Å². The van der Waals surface area contributed by atoms with Gasteiger partial charge in [0.2, 0.25) is 0 Å². The molecule has 2 aromatic carbocycles. The summed E-state index contributed by atoms with van der Waals surface area (Å²) in [6.07, 6.45) is 0.762. The summed E-state index contributed by atoms with van der Waals surface area (Å²) >= 11 is 1.39. The molecule has 0 spiro atoms. The number of thioether (sulfide) groups is 1. The summed E-state index contributed by atoms with van der Waals surface area (Å²) in [7, 11) is 0. The maximum atomic E-state index is 13.1. The molecule has 0 aliphatic carbocycles. The number of esters is 1. The third-order valence-electron chi connectivity index (χ3n) is 4.44. The molecule has 2 aromatic rings. The minimum absolute atomic E-state index is 0.159. The van der Waals surface area contributed by atoms with Gasteiger partial charge < -0.3 is 4.74 Å². The molecule has 1 aliphatic rings. The number of amides is 2. The average molecular weight is 410 g/mol. The van der Waals surface area contributed by atoms with E-state index in [0.29, 0.717) is 28.4 Å². The lowest BCUT2D eigenvalue weighted by molar-refractivity contribution is -0.137. The minimum atomic E-state index is -0.374. The van der Waals surface area contributed by atoms with Crippen LogP contribution in [-0.4, -0.2) is 35.0 Å². The van der Waals surface area contributed by atoms with Crippen LogP contribution < -0.4 is 0 Å². The molecule has 2 amide bonds. The van der Waals surface area contributed by atoms with Crippen LogP contribution in [0.15, 0.2) is 59.5 Å². The summed E-state index contributed by atoms with van der Waals surface area (Å²) in [6, 6.07) is 16.1. The summed E-state index contributed by atoms with van der Waals surface area (Å²) in [6.45, 7) is 4.43. The highest BCUT2D eigenvalue weighted by molar-refractivity contribution is 8.04. The van der Waals surface area contributed by atoms with Gasteiger partial charge in [-0.1, -0.05) is 56.3 Å². The lowest BCUT2D eigenvalue weighted by Gasteiger charge is -2.15. The van der Waals surface area contributed by atoms with Crippen LogP contribution >= 0.6 is 11.8 Å². The van der Waals surface area contributed by atoms with Crippen molar-refractivity contribution in [3.8, 4) is 0 Å². The Morgan fingerprint density at radius 2 is 1.66 bits per heavy atom. The first-order valence-corrected chi connectivity index (χ1v) is 10.6. The van der Waals surface area contributed by atoms with Gasteiger partial charge in [-0.25, -0.2) is 4.79 Å². The molecular weight excluding hydrogens is 386 g/mol. The van der Waals surface area contributed by atoms with Crippen LogP contribution in [0.5, 0.6) is 0 Å². The zero-order chi connectivity index (χ0) is 20.8. The maximum Gasteiger partial charge on any atom is 0.338 e. The van der Waals surface area contributed by atoms with Gasteiger partial charge in [0.05, 0.1) is 29.2 Å². The second-order valence-electron chi connectivity index (χ2n) is 6.53. The first-order chi connectivity index (χ1) is 14.1. The smallest absolute Gasteiger partial charge is 0.338 e. The summed E-state index contributed by atoms with van der Waals surface area (Å²) in [4.78, 5) is 39.7. The molecule has 0 saturated heterocycles. The zero-order valence-electron chi connectivity index (χ0n) is 16.5. The van der Waals surface area contributed by atoms with Crippen LogP contribution in [0.25, 0.3) is 5.57 Å². The molecule has 0 radical (unpaired) electrons. The normalized spacial score (nSPS) is 13.9. The van der Waals surface area contributed by atoms with Crippen molar-refractivity contribution >= 4 is 35.1 Å². The molecule has 0 fully saturated rings. The number of carbonyl (C=O) groups is 3. The predicted octanol–water partition coefficient (Wildman–Crippen LogP) is 4.29. The van der Waals surface area contributed by atoms with E-state index in [-0.39, 0.29) is 24.3 Å². The van der Waals surface area contributed by atoms with E-state index in [4.69, 9.17) is 4.74 Å². The van der Waals surface area contributed by atoms with Gasteiger partial charge in [0.25, 0.3) is 11.8 Å². The van der Waals surface area contributed by atoms with Gasteiger partial charge in [-0.15, -0.1) is 11.8 Å². The highest BCUT2D eigenvalue weighted by Gasteiger charge is 2.38. The lowest BCUT2D eigenvalue weighted by atomic mass is 10.1. The molecule has 29 heavy (non-hydrogen) atoms. The SMILES string of the molecule is CCCOC(=O)c1ccc(CN2C(=O)C(SCC)=C(c3ccccc3)C2=O)cc1. The van der Waals surface area contributed by atoms with Gasteiger partial charge in [-0.3, -0.25) is 14.5 Å². The standard InChI is InChI=1S/C23H23NO4S/c1-3-14-28-23(27)18-12-10-16(11-13-18)15-24-21(25)19(17-8-6-5-7-9-17)20(22(24)26)29-4-2/h5-13H,3-4,14-15H2,1-2H3. The molecule has 5 nitrogen and oxygen atoms in total. The van der Waals surface area contributed by atoms with Crippen molar-refractivity contribution in [3.63, 3.8) is 0 Å². The van der Waals surface area contributed by atoms with Gasteiger partial charge in [0, 0.05) is 0 Å². The third kappa shape index (κ3) is 4.59. The Balaban J connectivity index is 1.79. The molecule has 0 atom stereocenters. The Morgan fingerprint density at radius 1 is 0.966 bits per heavy atom. The van der Waals surface area contributed by atoms with Crippen molar-refractivity contribution in [2.45, 2.75) is 26.8 Å². The molecule has 0 aromatic heterocycles. The second kappa shape index (κ2) is 9.56. The largest absolute Gasteiger partial charge is 0.462 e. The second-order valence-corrected chi connectivity index (χ2v) is 7.81. The first kappa shape index (κ1) is 20.9. The first-order valence-electron chi connectivity index (χ1n) is 9.61. The molecule has 0 bridgehead atoms. The fraction of sp³-hybridized carbons (Fsp3) is 0.261. The Kier molecular flexibility index (Phi) is 6.88. The monoisotopic (exact) mass is 409 g/mol. The molecule has 0 N–H and O–H groups in total. The van der Waals surface area contributed by atoms with E-state index >= 15 is 0 Å². The quantitative estimate of drug-likeness (QED) is 0.481. The number of benzene rings is 2. The van der Waals surface area contributed by atoms with Crippen LogP contribution in [0.4, 0.5) is 0 Å². The van der Waals surface area contributed by atoms with E-state index in [1.54, 1.807) is 24.3 Å². The van der Waals surface area contributed by atoms with Gasteiger partial charge in [0.15, 0.2) is 0 Å². The number of hydrogen-bond donors (Lipinski definition) is 0. The zero-order valence-corrected chi connectivity index (χ0v) is 17.3. The van der Waals surface area contributed by atoms with Crippen molar-refractivity contribution in [2.75, 3.05) is 12.4 Å². The van der Waals surface area contributed by atoms with Crippen molar-refractivity contribution in [3.05, 3.63) is 76.2 Å². The van der Waals surface area contributed by atoms with Gasteiger partial charge in [0.1, 0.15) is 0 Å². The number of imide groups is 1. The lowest BCUT2D eigenvalue weighted by Crippen LogP contribution is -2.31. The highest BCUT2D eigenvalue weighted by atomic mass is 32.2. The van der Waals surface area contributed by atoms with Crippen LogP contribution in [0, 0.1) is 0 Å². The van der Waals surface area contributed by atoms with Crippen LogP contribution in [0.3, 0.4) is 0 Å². The van der Waals surface area contributed by atoms with E-state index < -0.39 is 0 Å². The molecule has 1 aliphatic heterocycles. The molecule has 0 unspecified atom stereocenters. The molecule has 6 heteroatoms. The van der Waals surface area contributed by atoms with E-state index in [2.05, 4.69) is 0 Å². The summed E-state index contributed by atoms with van der Waals surface area (Å²) < 4.78 is 5.12. The molecule has 150 valence electrons. The predicted molar refractivity (Wildman–Crippen MR) is 114 cm³/mol. The van der Waals surface area contributed by atoms with E-state index in [1.807, 2.05) is 44.2 Å². The molecular formula is C23H23NO4S. The number of hydrogen-bond acceptors (Lipinski definition) is 5. The fourth-order valence-electron chi connectivity index (χ4n) is 3.04. The number of carbonyl (C=O) groups excluding carboxylic acids is 3. The topological polar surface area (TPSA) is 63.7 Å². The summed E-state index contributed by atoms with van der Waals surface area (Å²) in [5.41, 5.74) is 2.43. The van der Waals surface area contributed by atoms with E-state index in [9.17, 15) is 14.4 Å². The maximum absolute atomic E-state index is 13.1. The summed E-state index contributed by atoms with van der Waals surface area (Å²) in [5, 5.41) is 0.